The number of hydrogen-bond acceptors (Lipinski definition) is 5. The van der Waals surface area contributed by atoms with Crippen molar-refractivity contribution in [2.45, 2.75) is 19.4 Å². The van der Waals surface area contributed by atoms with Crippen LogP contribution in [0.4, 0.5) is 5.69 Å². The number of nitrogens with two attached hydrogens (primary N) is 1. The molecule has 2 aromatic rings. The molecule has 0 bridgehead atoms. The third kappa shape index (κ3) is 3.72. The fourth-order valence-electron chi connectivity index (χ4n) is 1.96. The molecule has 0 aliphatic rings. The smallest absolute Gasteiger partial charge is 0.313 e. The van der Waals surface area contributed by atoms with Crippen LogP contribution in [0.25, 0.3) is 0 Å². The van der Waals surface area contributed by atoms with Gasteiger partial charge in [0, 0.05) is 11.9 Å². The number of nitrogens with zero attached hydrogens (tertiary/aromatic N) is 1. The molecule has 2 rings (SSSR count). The second-order valence-electron chi connectivity index (χ2n) is 4.67. The Labute approximate surface area is 123 Å². The van der Waals surface area contributed by atoms with Crippen LogP contribution in [0.3, 0.4) is 0 Å². The molecule has 0 amide bonds. The molecule has 0 radical (unpaired) electrons. The number of nitrogen functional groups attached to an aromatic ring is 1. The Kier molecular flexibility index (Phi) is 4.77. The molecule has 5 nitrogen and oxygen atoms in total. The van der Waals surface area contributed by atoms with Crippen LogP contribution < -0.4 is 10.5 Å². The summed E-state index contributed by atoms with van der Waals surface area (Å²) in [6, 6.07) is 10.8. The fraction of sp³-hybridized carbons (Fsp3) is 0.250. The van der Waals surface area contributed by atoms with Crippen LogP contribution in [0.1, 0.15) is 24.0 Å². The van der Waals surface area contributed by atoms with Gasteiger partial charge in [-0.15, -0.1) is 0 Å². The Bertz CT molecular complexity index is 628. The van der Waals surface area contributed by atoms with Crippen molar-refractivity contribution in [3.05, 3.63) is 53.7 Å². The molecular formula is C16H18N2O3. The molecule has 110 valence electrons. The number of carbonyl (C=O) groups excluding carboxylic acids is 1. The van der Waals surface area contributed by atoms with Gasteiger partial charge in [0.25, 0.3) is 0 Å². The molecular weight excluding hydrogens is 268 g/mol. The molecule has 1 heterocycles. The van der Waals surface area contributed by atoms with Gasteiger partial charge in [-0.2, -0.15) is 0 Å². The lowest BCUT2D eigenvalue weighted by molar-refractivity contribution is -0.146. The van der Waals surface area contributed by atoms with Gasteiger partial charge >= 0.3 is 5.97 Å². The molecule has 5 heteroatoms. The van der Waals surface area contributed by atoms with Crippen molar-refractivity contribution in [1.29, 1.82) is 0 Å². The molecule has 0 saturated carbocycles. The van der Waals surface area contributed by atoms with Crippen molar-refractivity contribution in [3.8, 4) is 5.88 Å². The predicted molar refractivity (Wildman–Crippen MR) is 79.9 cm³/mol. The first-order chi connectivity index (χ1) is 10.1. The third-order valence-corrected chi connectivity index (χ3v) is 3.18. The highest BCUT2D eigenvalue weighted by atomic mass is 16.5. The highest BCUT2D eigenvalue weighted by Gasteiger charge is 2.17. The number of rotatable bonds is 5. The standard InChI is InChI=1S/C16H18N2O3/c1-11(12-5-3-7-14(17)9-12)16(19)21-10-13-6-4-8-18-15(13)20-2/h3-9,11H,10,17H2,1-2H3. The third-order valence-electron chi connectivity index (χ3n) is 3.18. The van der Waals surface area contributed by atoms with E-state index in [0.717, 1.165) is 11.1 Å². The van der Waals surface area contributed by atoms with Crippen LogP contribution in [-0.4, -0.2) is 18.1 Å². The molecule has 0 saturated heterocycles. The van der Waals surface area contributed by atoms with E-state index >= 15 is 0 Å². The molecule has 1 atom stereocenters. The van der Waals surface area contributed by atoms with Gasteiger partial charge in [0.15, 0.2) is 0 Å². The molecule has 0 aliphatic heterocycles. The van der Waals surface area contributed by atoms with E-state index in [1.807, 2.05) is 18.2 Å². The minimum atomic E-state index is -0.379. The van der Waals surface area contributed by atoms with E-state index in [2.05, 4.69) is 4.98 Å². The zero-order valence-corrected chi connectivity index (χ0v) is 12.1. The maximum absolute atomic E-state index is 12.1. The normalized spacial score (nSPS) is 11.7. The maximum Gasteiger partial charge on any atom is 0.313 e. The molecule has 1 aromatic heterocycles. The second-order valence-corrected chi connectivity index (χ2v) is 4.67. The summed E-state index contributed by atoms with van der Waals surface area (Å²) in [5, 5.41) is 0. The number of hydrogen-bond donors (Lipinski definition) is 1. The summed E-state index contributed by atoms with van der Waals surface area (Å²) in [5.41, 5.74) is 7.91. The Hall–Kier alpha value is -2.56. The Balaban J connectivity index is 2.01. The summed E-state index contributed by atoms with van der Waals surface area (Å²) in [4.78, 5) is 16.2. The van der Waals surface area contributed by atoms with Gasteiger partial charge in [0.1, 0.15) is 6.61 Å². The number of esters is 1. The van der Waals surface area contributed by atoms with Crippen molar-refractivity contribution in [1.82, 2.24) is 4.98 Å². The molecule has 0 aliphatic carbocycles. The highest BCUT2D eigenvalue weighted by molar-refractivity contribution is 5.78. The van der Waals surface area contributed by atoms with Crippen LogP contribution in [0.2, 0.25) is 0 Å². The quantitative estimate of drug-likeness (QED) is 0.675. The van der Waals surface area contributed by atoms with Crippen LogP contribution in [0.5, 0.6) is 5.88 Å². The highest BCUT2D eigenvalue weighted by Crippen LogP contribution is 2.21. The van der Waals surface area contributed by atoms with Gasteiger partial charge in [0.05, 0.1) is 18.6 Å². The second kappa shape index (κ2) is 6.74. The summed E-state index contributed by atoms with van der Waals surface area (Å²) in [5.74, 6) is -0.232. The van der Waals surface area contributed by atoms with E-state index in [1.165, 1.54) is 7.11 Å². The van der Waals surface area contributed by atoms with Crippen LogP contribution in [0, 0.1) is 0 Å². The average Bonchev–Trinajstić information content (AvgIpc) is 2.52. The zero-order valence-electron chi connectivity index (χ0n) is 12.1. The zero-order chi connectivity index (χ0) is 15.2. The van der Waals surface area contributed by atoms with Crippen LogP contribution in [0.15, 0.2) is 42.6 Å². The molecule has 0 fully saturated rings. The largest absolute Gasteiger partial charge is 0.481 e. The predicted octanol–water partition coefficient (Wildman–Crippen LogP) is 2.52. The first-order valence-corrected chi connectivity index (χ1v) is 6.61. The molecule has 0 spiro atoms. The van der Waals surface area contributed by atoms with Crippen molar-refractivity contribution < 1.29 is 14.3 Å². The Morgan fingerprint density at radius 3 is 2.86 bits per heavy atom. The monoisotopic (exact) mass is 286 g/mol. The van der Waals surface area contributed by atoms with Gasteiger partial charge in [-0.25, -0.2) is 4.98 Å². The van der Waals surface area contributed by atoms with E-state index in [-0.39, 0.29) is 18.5 Å². The number of methoxy groups -OCH3 is 1. The average molecular weight is 286 g/mol. The number of ether oxygens (including phenoxy) is 2. The first-order valence-electron chi connectivity index (χ1n) is 6.61. The number of anilines is 1. The van der Waals surface area contributed by atoms with Crippen molar-refractivity contribution in [3.63, 3.8) is 0 Å². The molecule has 2 N–H and O–H groups in total. The van der Waals surface area contributed by atoms with Gasteiger partial charge < -0.3 is 15.2 Å². The van der Waals surface area contributed by atoms with Crippen LogP contribution >= 0.6 is 0 Å². The van der Waals surface area contributed by atoms with Crippen molar-refractivity contribution >= 4 is 11.7 Å². The number of carbonyl (C=O) groups is 1. The summed E-state index contributed by atoms with van der Waals surface area (Å²) in [6.07, 6.45) is 1.62. The van der Waals surface area contributed by atoms with Gasteiger partial charge in [-0.1, -0.05) is 12.1 Å². The lowest BCUT2D eigenvalue weighted by Crippen LogP contribution is -2.13. The molecule has 1 aromatic carbocycles. The fourth-order valence-corrected chi connectivity index (χ4v) is 1.96. The van der Waals surface area contributed by atoms with Crippen molar-refractivity contribution in [2.75, 3.05) is 12.8 Å². The summed E-state index contributed by atoms with van der Waals surface area (Å²) < 4.78 is 10.4. The molecule has 21 heavy (non-hydrogen) atoms. The number of benzene rings is 1. The minimum Gasteiger partial charge on any atom is -0.481 e. The van der Waals surface area contributed by atoms with Gasteiger partial charge in [0.2, 0.25) is 5.88 Å². The molecule has 1 unspecified atom stereocenters. The topological polar surface area (TPSA) is 74.4 Å². The summed E-state index contributed by atoms with van der Waals surface area (Å²) in [6.45, 7) is 1.92. The number of aromatic nitrogens is 1. The lowest BCUT2D eigenvalue weighted by atomic mass is 10.0. The SMILES string of the molecule is COc1ncccc1COC(=O)C(C)c1cccc(N)c1. The van der Waals surface area contributed by atoms with E-state index < -0.39 is 0 Å². The van der Waals surface area contributed by atoms with Crippen LogP contribution in [-0.2, 0) is 16.1 Å². The number of pyridine rings is 1. The Morgan fingerprint density at radius 1 is 1.33 bits per heavy atom. The van der Waals surface area contributed by atoms with E-state index in [1.54, 1.807) is 31.3 Å². The van der Waals surface area contributed by atoms with Gasteiger partial charge in [-0.3, -0.25) is 4.79 Å². The first kappa shape index (κ1) is 14.8. The Morgan fingerprint density at radius 2 is 2.14 bits per heavy atom. The van der Waals surface area contributed by atoms with Crippen molar-refractivity contribution in [2.24, 2.45) is 0 Å². The minimum absolute atomic E-state index is 0.127. The van der Waals surface area contributed by atoms with E-state index in [9.17, 15) is 4.79 Å². The lowest BCUT2D eigenvalue weighted by Gasteiger charge is -2.13. The summed E-state index contributed by atoms with van der Waals surface area (Å²) >= 11 is 0. The maximum atomic E-state index is 12.1. The van der Waals surface area contributed by atoms with E-state index in [4.69, 9.17) is 15.2 Å². The van der Waals surface area contributed by atoms with Gasteiger partial charge in [-0.05, 0) is 36.8 Å². The summed E-state index contributed by atoms with van der Waals surface area (Å²) in [7, 11) is 1.53. The van der Waals surface area contributed by atoms with E-state index in [0.29, 0.717) is 11.6 Å².